The Morgan fingerprint density at radius 1 is 0.711 bits per heavy atom. The third kappa shape index (κ3) is 8.48. The van der Waals surface area contributed by atoms with E-state index in [1.54, 1.807) is 0 Å². The molecular weight excluding hydrogens is 476 g/mol. The van der Waals surface area contributed by atoms with Crippen LogP contribution in [0.5, 0.6) is 0 Å². The van der Waals surface area contributed by atoms with Crippen molar-refractivity contribution in [3.8, 4) is 0 Å². The Morgan fingerprint density at radius 2 is 1.26 bits per heavy atom. The molecule has 0 spiro atoms. The summed E-state index contributed by atoms with van der Waals surface area (Å²) in [5.41, 5.74) is 3.97. The standard InChI is InChI=1S/C33H38O5/c1-3-4-14-21-35-33-26(2)31(36-23-28-17-10-6-11-18-28)32(37-24-29-19-12-7-13-20-29)30(38-33)25-34-22-27-15-8-5-9-16-27/h3,5-13,15-20,30-33H,1-2,4,14,21-25H2/t30-,31-,32-,33+/m1/s1. The average molecular weight is 515 g/mol. The Labute approximate surface area is 226 Å². The van der Waals surface area contributed by atoms with Crippen molar-refractivity contribution < 1.29 is 23.7 Å². The van der Waals surface area contributed by atoms with Gasteiger partial charge in [-0.1, -0.05) is 104 Å². The smallest absolute Gasteiger partial charge is 0.182 e. The van der Waals surface area contributed by atoms with Gasteiger partial charge in [-0.05, 0) is 29.5 Å². The molecule has 0 aromatic heterocycles. The molecular formula is C33H38O5. The molecule has 38 heavy (non-hydrogen) atoms. The highest BCUT2D eigenvalue weighted by Gasteiger charge is 2.43. The Hall–Kier alpha value is -3.06. The van der Waals surface area contributed by atoms with Crippen LogP contribution in [0, 0.1) is 0 Å². The van der Waals surface area contributed by atoms with Crippen LogP contribution in [0.3, 0.4) is 0 Å². The highest BCUT2D eigenvalue weighted by atomic mass is 16.7. The van der Waals surface area contributed by atoms with Crippen molar-refractivity contribution in [1.29, 1.82) is 0 Å². The van der Waals surface area contributed by atoms with E-state index in [4.69, 9.17) is 23.7 Å². The van der Waals surface area contributed by atoms with E-state index in [-0.39, 0.29) is 0 Å². The van der Waals surface area contributed by atoms with Crippen LogP contribution in [0.4, 0.5) is 0 Å². The van der Waals surface area contributed by atoms with E-state index >= 15 is 0 Å². The summed E-state index contributed by atoms with van der Waals surface area (Å²) in [4.78, 5) is 0. The van der Waals surface area contributed by atoms with Gasteiger partial charge < -0.3 is 23.7 Å². The van der Waals surface area contributed by atoms with Gasteiger partial charge >= 0.3 is 0 Å². The third-order valence-corrected chi connectivity index (χ3v) is 6.40. The number of hydrogen-bond acceptors (Lipinski definition) is 5. The van der Waals surface area contributed by atoms with Gasteiger partial charge in [0.2, 0.25) is 0 Å². The van der Waals surface area contributed by atoms with Crippen LogP contribution >= 0.6 is 0 Å². The lowest BCUT2D eigenvalue weighted by Gasteiger charge is -2.42. The fraction of sp³-hybridized carbons (Fsp3) is 0.333. The highest BCUT2D eigenvalue weighted by Crippen LogP contribution is 2.31. The number of benzene rings is 3. The van der Waals surface area contributed by atoms with Gasteiger partial charge in [-0.2, -0.15) is 0 Å². The Bertz CT molecular complexity index is 1090. The van der Waals surface area contributed by atoms with Crippen LogP contribution in [0.1, 0.15) is 29.5 Å². The van der Waals surface area contributed by atoms with Crippen LogP contribution in [0.15, 0.2) is 116 Å². The lowest BCUT2D eigenvalue weighted by molar-refractivity contribution is -0.249. The molecule has 1 aliphatic rings. The first-order valence-electron chi connectivity index (χ1n) is 13.2. The van der Waals surface area contributed by atoms with Gasteiger partial charge in [-0.25, -0.2) is 0 Å². The van der Waals surface area contributed by atoms with Crippen LogP contribution in [0.2, 0.25) is 0 Å². The van der Waals surface area contributed by atoms with Gasteiger partial charge in [-0.15, -0.1) is 6.58 Å². The summed E-state index contributed by atoms with van der Waals surface area (Å²) >= 11 is 0. The summed E-state index contributed by atoms with van der Waals surface area (Å²) in [7, 11) is 0. The molecule has 3 aromatic rings. The van der Waals surface area contributed by atoms with Gasteiger partial charge in [0.05, 0.1) is 33.0 Å². The quantitative estimate of drug-likeness (QED) is 0.168. The summed E-state index contributed by atoms with van der Waals surface area (Å²) in [6, 6.07) is 30.3. The van der Waals surface area contributed by atoms with E-state index in [9.17, 15) is 0 Å². The summed E-state index contributed by atoms with van der Waals surface area (Å²) in [5.74, 6) is 0. The number of rotatable bonds is 15. The number of unbranched alkanes of at least 4 members (excludes halogenated alkanes) is 1. The van der Waals surface area contributed by atoms with Crippen LogP contribution in [0.25, 0.3) is 0 Å². The zero-order valence-corrected chi connectivity index (χ0v) is 22.0. The van der Waals surface area contributed by atoms with E-state index in [0.29, 0.717) is 33.0 Å². The minimum Gasteiger partial charge on any atom is -0.374 e. The highest BCUT2D eigenvalue weighted by molar-refractivity contribution is 5.18. The first kappa shape index (κ1) is 28.0. The van der Waals surface area contributed by atoms with Crippen molar-refractivity contribution in [3.05, 3.63) is 132 Å². The fourth-order valence-corrected chi connectivity index (χ4v) is 4.35. The van der Waals surface area contributed by atoms with Gasteiger partial charge in [-0.3, -0.25) is 0 Å². The SMILES string of the molecule is C=CCCCO[C@H]1O[C@H](COCc2ccccc2)[C@@H](OCc2ccccc2)[C@H](OCc2ccccc2)C1=C. The monoisotopic (exact) mass is 514 g/mol. The average Bonchev–Trinajstić information content (AvgIpc) is 2.96. The molecule has 0 aliphatic carbocycles. The summed E-state index contributed by atoms with van der Waals surface area (Å²) in [6.45, 7) is 10.3. The lowest BCUT2D eigenvalue weighted by Crippen LogP contribution is -2.54. The molecule has 1 saturated heterocycles. The van der Waals surface area contributed by atoms with Gasteiger partial charge in [0.25, 0.3) is 0 Å². The maximum atomic E-state index is 6.49. The molecule has 5 nitrogen and oxygen atoms in total. The second-order valence-corrected chi connectivity index (χ2v) is 9.36. The number of allylic oxidation sites excluding steroid dienone is 1. The van der Waals surface area contributed by atoms with Gasteiger partial charge in [0, 0.05) is 5.57 Å². The van der Waals surface area contributed by atoms with Gasteiger partial charge in [0.1, 0.15) is 18.3 Å². The van der Waals surface area contributed by atoms with E-state index in [0.717, 1.165) is 35.1 Å². The maximum absolute atomic E-state index is 6.49. The second kappa shape index (κ2) is 15.4. The van der Waals surface area contributed by atoms with E-state index in [2.05, 4.69) is 13.2 Å². The normalized spacial score (nSPS) is 21.3. The molecule has 5 heteroatoms. The van der Waals surface area contributed by atoms with Crippen molar-refractivity contribution >= 4 is 0 Å². The zero-order valence-electron chi connectivity index (χ0n) is 22.0. The lowest BCUT2D eigenvalue weighted by atomic mass is 9.96. The largest absolute Gasteiger partial charge is 0.374 e. The summed E-state index contributed by atoms with van der Waals surface area (Å²) < 4.78 is 31.6. The molecule has 1 heterocycles. The molecule has 0 amide bonds. The van der Waals surface area contributed by atoms with Crippen molar-refractivity contribution in [3.63, 3.8) is 0 Å². The molecule has 3 aromatic carbocycles. The molecule has 1 fully saturated rings. The Morgan fingerprint density at radius 3 is 1.84 bits per heavy atom. The Balaban J connectivity index is 1.51. The summed E-state index contributed by atoms with van der Waals surface area (Å²) in [5, 5.41) is 0. The van der Waals surface area contributed by atoms with E-state index < -0.39 is 24.6 Å². The van der Waals surface area contributed by atoms with Crippen LogP contribution in [-0.4, -0.2) is 37.8 Å². The fourth-order valence-electron chi connectivity index (χ4n) is 4.35. The van der Waals surface area contributed by atoms with E-state index in [1.165, 1.54) is 0 Å². The minimum atomic E-state index is -0.609. The zero-order chi connectivity index (χ0) is 26.4. The van der Waals surface area contributed by atoms with Crippen molar-refractivity contribution in [2.75, 3.05) is 13.2 Å². The van der Waals surface area contributed by atoms with Crippen molar-refractivity contribution in [2.24, 2.45) is 0 Å². The molecule has 0 saturated carbocycles. The van der Waals surface area contributed by atoms with E-state index in [1.807, 2.05) is 97.1 Å². The van der Waals surface area contributed by atoms with Crippen LogP contribution in [-0.2, 0) is 43.5 Å². The molecule has 0 N–H and O–H groups in total. The number of ether oxygens (including phenoxy) is 5. The Kier molecular flexibility index (Phi) is 11.3. The summed E-state index contributed by atoms with van der Waals surface area (Å²) in [6.07, 6.45) is 1.76. The topological polar surface area (TPSA) is 46.2 Å². The molecule has 4 atom stereocenters. The maximum Gasteiger partial charge on any atom is 0.182 e. The van der Waals surface area contributed by atoms with Crippen molar-refractivity contribution in [2.45, 2.75) is 57.3 Å². The first-order valence-corrected chi connectivity index (χ1v) is 13.2. The molecule has 200 valence electrons. The third-order valence-electron chi connectivity index (χ3n) is 6.40. The van der Waals surface area contributed by atoms with Crippen LogP contribution < -0.4 is 0 Å². The molecule has 0 bridgehead atoms. The molecule has 4 rings (SSSR count). The van der Waals surface area contributed by atoms with Gasteiger partial charge in [0.15, 0.2) is 6.29 Å². The number of hydrogen-bond donors (Lipinski definition) is 0. The predicted molar refractivity (Wildman–Crippen MR) is 149 cm³/mol. The molecule has 0 radical (unpaired) electrons. The second-order valence-electron chi connectivity index (χ2n) is 9.36. The van der Waals surface area contributed by atoms with Crippen molar-refractivity contribution in [1.82, 2.24) is 0 Å². The predicted octanol–water partition coefficient (Wildman–Crippen LogP) is 6.64. The first-order chi connectivity index (χ1) is 18.7. The minimum absolute atomic E-state index is 0.333. The molecule has 0 unspecified atom stereocenters. The molecule has 1 aliphatic heterocycles.